The summed E-state index contributed by atoms with van der Waals surface area (Å²) < 4.78 is 18.6. The van der Waals surface area contributed by atoms with E-state index in [-0.39, 0.29) is 13.0 Å². The molecule has 2 aromatic rings. The molecular formula is C23H27Cl2N3O9. The zero-order valence-electron chi connectivity index (χ0n) is 19.5. The maximum Gasteiger partial charge on any atom is 0.317 e. The maximum atomic E-state index is 11.7. The fourth-order valence-electron chi connectivity index (χ4n) is 4.35. The van der Waals surface area contributed by atoms with Crippen molar-refractivity contribution in [2.75, 3.05) is 6.61 Å². The summed E-state index contributed by atoms with van der Waals surface area (Å²) in [5.74, 6) is -2.44. The number of aliphatic carboxylic acids is 1. The Morgan fingerprint density at radius 3 is 2.54 bits per heavy atom. The van der Waals surface area contributed by atoms with Gasteiger partial charge in [-0.15, -0.1) is 11.6 Å². The molecule has 14 heteroatoms. The van der Waals surface area contributed by atoms with Crippen LogP contribution >= 0.6 is 23.2 Å². The number of rotatable bonds is 11. The lowest BCUT2D eigenvalue weighted by atomic mass is 9.87. The quantitative estimate of drug-likeness (QED) is 0.172. The molecule has 1 aliphatic carbocycles. The predicted octanol–water partition coefficient (Wildman–Crippen LogP) is 0.526. The normalized spacial score (nSPS) is 28.3. The summed E-state index contributed by atoms with van der Waals surface area (Å²) in [6, 6.07) is 7.12. The molecular weight excluding hydrogens is 533 g/mol. The van der Waals surface area contributed by atoms with Crippen LogP contribution in [0.5, 0.6) is 0 Å². The Morgan fingerprint density at radius 1 is 1.19 bits per heavy atom. The lowest BCUT2D eigenvalue weighted by Gasteiger charge is -2.46. The van der Waals surface area contributed by atoms with Crippen LogP contribution in [0.3, 0.4) is 0 Å². The van der Waals surface area contributed by atoms with Crippen LogP contribution in [0.2, 0.25) is 5.02 Å². The van der Waals surface area contributed by atoms with Gasteiger partial charge in [0.05, 0.1) is 11.4 Å². The Bertz CT molecular complexity index is 1100. The number of aromatic nitrogens is 3. The molecule has 1 aromatic heterocycles. The molecule has 2 aliphatic rings. The first-order chi connectivity index (χ1) is 17.5. The van der Waals surface area contributed by atoms with E-state index in [1.54, 1.807) is 12.1 Å². The van der Waals surface area contributed by atoms with Gasteiger partial charge < -0.3 is 34.6 Å². The Hall–Kier alpha value is -2.32. The van der Waals surface area contributed by atoms with Gasteiger partial charge in [-0.1, -0.05) is 29.8 Å². The highest BCUT2D eigenvalue weighted by Crippen LogP contribution is 2.55. The topological polar surface area (TPSA) is 173 Å². The van der Waals surface area contributed by atoms with Gasteiger partial charge in [0.25, 0.3) is 0 Å². The van der Waals surface area contributed by atoms with Crippen molar-refractivity contribution in [2.24, 2.45) is 0 Å². The molecule has 1 aliphatic heterocycles. The number of hydrogen-bond donors (Lipinski definition) is 4. The first-order valence-corrected chi connectivity index (χ1v) is 12.3. The van der Waals surface area contributed by atoms with Crippen molar-refractivity contribution >= 4 is 35.1 Å². The van der Waals surface area contributed by atoms with Crippen molar-refractivity contribution in [3.05, 3.63) is 47.5 Å². The van der Waals surface area contributed by atoms with Gasteiger partial charge in [-0.25, -0.2) is 9.67 Å². The maximum absolute atomic E-state index is 11.7. The third-order valence-corrected chi connectivity index (χ3v) is 7.63. The van der Waals surface area contributed by atoms with E-state index in [0.29, 0.717) is 23.4 Å². The first kappa shape index (κ1) is 27.7. The Morgan fingerprint density at radius 2 is 1.92 bits per heavy atom. The average molecular weight is 560 g/mol. The van der Waals surface area contributed by atoms with Crippen molar-refractivity contribution < 1.29 is 44.2 Å². The Balaban J connectivity index is 1.62. The molecule has 6 atom stereocenters. The number of alkyl halides is 1. The molecule has 202 valence electrons. The lowest BCUT2D eigenvalue weighted by molar-refractivity contribution is -0.330. The SMILES string of the molecule is O=C(O)CC(=O)OC[C@H]1O[C@H](OC(Cc2ccccc2Cl)(Cn2cncn2)C2(Cl)CC2)[C@H](O)[C@@H](O)[C@@H]1O. The van der Waals surface area contributed by atoms with Gasteiger partial charge in [-0.05, 0) is 24.5 Å². The number of carboxylic acid groups (broad SMARTS) is 1. The van der Waals surface area contributed by atoms with Gasteiger partial charge in [0.15, 0.2) is 6.29 Å². The van der Waals surface area contributed by atoms with Gasteiger partial charge >= 0.3 is 11.9 Å². The number of aliphatic hydroxyl groups is 3. The zero-order chi connectivity index (χ0) is 26.8. The summed E-state index contributed by atoms with van der Waals surface area (Å²) >= 11 is 13.5. The molecule has 1 aromatic carbocycles. The van der Waals surface area contributed by atoms with E-state index in [0.717, 1.165) is 0 Å². The van der Waals surface area contributed by atoms with Crippen LogP contribution in [0, 0.1) is 0 Å². The van der Waals surface area contributed by atoms with Crippen molar-refractivity contribution in [2.45, 2.75) is 73.4 Å². The molecule has 2 heterocycles. The molecule has 0 amide bonds. The number of esters is 1. The molecule has 0 spiro atoms. The van der Waals surface area contributed by atoms with E-state index in [2.05, 4.69) is 10.1 Å². The zero-order valence-corrected chi connectivity index (χ0v) is 21.0. The van der Waals surface area contributed by atoms with Crippen LogP contribution in [0.25, 0.3) is 0 Å². The molecule has 0 radical (unpaired) electrons. The van der Waals surface area contributed by atoms with Crippen LogP contribution in [0.1, 0.15) is 24.8 Å². The predicted molar refractivity (Wildman–Crippen MR) is 127 cm³/mol. The minimum absolute atomic E-state index is 0.0885. The Labute approximate surface area is 221 Å². The number of carboxylic acids is 1. The molecule has 1 unspecified atom stereocenters. The number of benzene rings is 1. The highest BCUT2D eigenvalue weighted by atomic mass is 35.5. The van der Waals surface area contributed by atoms with Crippen molar-refractivity contribution in [1.82, 2.24) is 14.8 Å². The smallest absolute Gasteiger partial charge is 0.317 e. The van der Waals surface area contributed by atoms with Gasteiger partial charge in [0.1, 0.15) is 55.7 Å². The molecule has 2 fully saturated rings. The number of carbonyl (C=O) groups excluding carboxylic acids is 1. The van der Waals surface area contributed by atoms with Crippen LogP contribution in [0.4, 0.5) is 0 Å². The van der Waals surface area contributed by atoms with Gasteiger partial charge in [0, 0.05) is 11.4 Å². The van der Waals surface area contributed by atoms with Crippen LogP contribution in [-0.4, -0.2) is 94.9 Å². The van der Waals surface area contributed by atoms with Crippen molar-refractivity contribution in [3.63, 3.8) is 0 Å². The number of halogens is 2. The molecule has 4 N–H and O–H groups in total. The van der Waals surface area contributed by atoms with E-state index in [1.807, 2.05) is 12.1 Å². The highest BCUT2D eigenvalue weighted by molar-refractivity contribution is 6.31. The van der Waals surface area contributed by atoms with Gasteiger partial charge in [-0.2, -0.15) is 5.10 Å². The lowest BCUT2D eigenvalue weighted by Crippen LogP contribution is -2.63. The summed E-state index contributed by atoms with van der Waals surface area (Å²) in [5.41, 5.74) is -0.563. The van der Waals surface area contributed by atoms with E-state index in [9.17, 15) is 24.9 Å². The highest BCUT2D eigenvalue weighted by Gasteiger charge is 2.62. The minimum atomic E-state index is -1.73. The summed E-state index contributed by atoms with van der Waals surface area (Å²) in [5, 5.41) is 45.1. The Kier molecular flexibility index (Phi) is 8.38. The standard InChI is InChI=1S/C23H27Cl2N3O9/c24-14-4-2-1-3-13(14)8-23(22(25)5-6-22,10-28-12-26-11-27-28)37-21-20(34)19(33)18(32)15(36-21)9-35-17(31)7-16(29)30/h1-4,11-12,15,18-21,32-34H,5-10H2,(H,29,30)/t15-,18-,19+,20-,21-,23?/m1/s1. The monoisotopic (exact) mass is 559 g/mol. The summed E-state index contributed by atoms with van der Waals surface area (Å²) in [6.07, 6.45) is -4.64. The van der Waals surface area contributed by atoms with E-state index in [4.69, 9.17) is 42.5 Å². The molecule has 12 nitrogen and oxygen atoms in total. The van der Waals surface area contributed by atoms with Gasteiger partial charge in [0.2, 0.25) is 0 Å². The fourth-order valence-corrected chi connectivity index (χ4v) is 4.82. The second kappa shape index (κ2) is 11.2. The van der Waals surface area contributed by atoms with E-state index in [1.165, 1.54) is 17.3 Å². The summed E-state index contributed by atoms with van der Waals surface area (Å²) in [7, 11) is 0. The first-order valence-electron chi connectivity index (χ1n) is 11.5. The fraction of sp³-hybridized carbons (Fsp3) is 0.565. The second-order valence-corrected chi connectivity index (χ2v) is 10.3. The number of aliphatic hydroxyl groups excluding tert-OH is 3. The molecule has 37 heavy (non-hydrogen) atoms. The average Bonchev–Trinajstić information content (AvgIpc) is 3.40. The number of ether oxygens (including phenoxy) is 3. The van der Waals surface area contributed by atoms with E-state index >= 15 is 0 Å². The summed E-state index contributed by atoms with van der Waals surface area (Å²) in [4.78, 5) is 25.5. The number of hydrogen-bond acceptors (Lipinski definition) is 10. The largest absolute Gasteiger partial charge is 0.481 e. The van der Waals surface area contributed by atoms with Crippen LogP contribution in [-0.2, 0) is 36.8 Å². The van der Waals surface area contributed by atoms with Crippen LogP contribution in [0.15, 0.2) is 36.9 Å². The van der Waals surface area contributed by atoms with Crippen molar-refractivity contribution in [1.29, 1.82) is 0 Å². The van der Waals surface area contributed by atoms with Crippen molar-refractivity contribution in [3.8, 4) is 0 Å². The third kappa shape index (κ3) is 6.23. The minimum Gasteiger partial charge on any atom is -0.481 e. The molecule has 0 bridgehead atoms. The van der Waals surface area contributed by atoms with E-state index < -0.39 is 66.1 Å². The number of carbonyl (C=O) groups is 2. The molecule has 1 saturated carbocycles. The summed E-state index contributed by atoms with van der Waals surface area (Å²) in [6.45, 7) is -0.491. The van der Waals surface area contributed by atoms with Gasteiger partial charge in [-0.3, -0.25) is 9.59 Å². The third-order valence-electron chi connectivity index (χ3n) is 6.54. The molecule has 4 rings (SSSR count). The number of nitrogens with zero attached hydrogens (tertiary/aromatic N) is 3. The molecule has 1 saturated heterocycles. The second-order valence-electron chi connectivity index (χ2n) is 9.21. The van der Waals surface area contributed by atoms with Crippen LogP contribution < -0.4 is 0 Å².